The molecule has 68 valence electrons. The largest absolute Gasteiger partial charge is 0.391 e. The van der Waals surface area contributed by atoms with Crippen LogP contribution in [0, 0.1) is 0 Å². The zero-order valence-corrected chi connectivity index (χ0v) is 6.99. The summed E-state index contributed by atoms with van der Waals surface area (Å²) < 4.78 is 0. The van der Waals surface area contributed by atoms with Gasteiger partial charge in [0.2, 0.25) is 0 Å². The van der Waals surface area contributed by atoms with Gasteiger partial charge in [0.1, 0.15) is 0 Å². The smallest absolute Gasteiger partial charge is 0.317 e. The van der Waals surface area contributed by atoms with Gasteiger partial charge < -0.3 is 15.3 Å². The van der Waals surface area contributed by atoms with Crippen molar-refractivity contribution in [1.29, 1.82) is 0 Å². The van der Waals surface area contributed by atoms with Crippen molar-refractivity contribution >= 4 is 6.03 Å². The van der Waals surface area contributed by atoms with E-state index in [-0.39, 0.29) is 12.1 Å². The summed E-state index contributed by atoms with van der Waals surface area (Å²) in [6.07, 6.45) is 1.96. The highest BCUT2D eigenvalue weighted by atomic mass is 16.3. The van der Waals surface area contributed by atoms with Gasteiger partial charge in [-0.3, -0.25) is 0 Å². The maximum atomic E-state index is 11.2. The summed E-state index contributed by atoms with van der Waals surface area (Å²) in [7, 11) is 0. The Labute approximate surface area is 71.9 Å². The number of β-amino-alcohol motifs (C(OH)–C–C–N with tert-alkyl or cyclic N) is 1. The van der Waals surface area contributed by atoms with E-state index in [1.54, 1.807) is 11.0 Å². The van der Waals surface area contributed by atoms with Gasteiger partial charge in [-0.05, 0) is 6.42 Å². The van der Waals surface area contributed by atoms with Crippen LogP contribution < -0.4 is 5.32 Å². The van der Waals surface area contributed by atoms with Crippen LogP contribution in [0.1, 0.15) is 6.42 Å². The Balaban J connectivity index is 2.28. The number of carbonyl (C=O) groups is 1. The van der Waals surface area contributed by atoms with Crippen LogP contribution in [0.15, 0.2) is 12.7 Å². The molecule has 1 aliphatic rings. The van der Waals surface area contributed by atoms with Crippen LogP contribution in [0.5, 0.6) is 0 Å². The number of hydrogen-bond donors (Lipinski definition) is 2. The second-order valence-corrected chi connectivity index (χ2v) is 2.86. The first-order valence-corrected chi connectivity index (χ1v) is 4.05. The maximum Gasteiger partial charge on any atom is 0.317 e. The number of nitrogens with one attached hydrogen (secondary N) is 1. The summed E-state index contributed by atoms with van der Waals surface area (Å²) in [6, 6.07) is -0.119. The first kappa shape index (κ1) is 9.06. The predicted molar refractivity (Wildman–Crippen MR) is 45.8 cm³/mol. The predicted octanol–water partition coefficient (Wildman–Crippen LogP) is -0.0514. The lowest BCUT2D eigenvalue weighted by atomic mass is 10.3. The minimum Gasteiger partial charge on any atom is -0.391 e. The molecule has 1 saturated heterocycles. The standard InChI is InChI=1S/C8H14N2O2/c1-2-4-9-8(12)10-5-3-7(11)6-10/h2,7,11H,1,3-6H2,(H,9,12)/t7-/m1/s1. The number of likely N-dealkylation sites (tertiary alicyclic amines) is 1. The topological polar surface area (TPSA) is 52.6 Å². The van der Waals surface area contributed by atoms with Crippen molar-refractivity contribution in [2.45, 2.75) is 12.5 Å². The average Bonchev–Trinajstić information content (AvgIpc) is 2.47. The molecule has 1 atom stereocenters. The van der Waals surface area contributed by atoms with Crippen molar-refractivity contribution < 1.29 is 9.90 Å². The van der Waals surface area contributed by atoms with Crippen molar-refractivity contribution in [3.63, 3.8) is 0 Å². The molecule has 0 radical (unpaired) electrons. The molecule has 0 bridgehead atoms. The third-order valence-corrected chi connectivity index (χ3v) is 1.85. The summed E-state index contributed by atoms with van der Waals surface area (Å²) >= 11 is 0. The van der Waals surface area contributed by atoms with E-state index in [1.807, 2.05) is 0 Å². The van der Waals surface area contributed by atoms with Gasteiger partial charge in [0.15, 0.2) is 0 Å². The van der Waals surface area contributed by atoms with Crippen LogP contribution in [0.2, 0.25) is 0 Å². The van der Waals surface area contributed by atoms with Crippen molar-refractivity contribution in [1.82, 2.24) is 10.2 Å². The van der Waals surface area contributed by atoms with Gasteiger partial charge >= 0.3 is 6.03 Å². The summed E-state index contributed by atoms with van der Waals surface area (Å²) in [5, 5.41) is 11.8. The molecule has 0 aromatic carbocycles. The van der Waals surface area contributed by atoms with Gasteiger partial charge in [-0.15, -0.1) is 6.58 Å². The number of aliphatic hydroxyl groups excluding tert-OH is 1. The molecule has 2 N–H and O–H groups in total. The molecule has 1 fully saturated rings. The van der Waals surface area contributed by atoms with Crippen LogP contribution in [-0.4, -0.2) is 41.8 Å². The molecule has 2 amide bonds. The molecular weight excluding hydrogens is 156 g/mol. The molecular formula is C8H14N2O2. The van der Waals surface area contributed by atoms with Crippen molar-refractivity contribution in [3.05, 3.63) is 12.7 Å². The number of amides is 2. The Kier molecular flexibility index (Phi) is 3.10. The van der Waals surface area contributed by atoms with E-state index in [2.05, 4.69) is 11.9 Å². The molecule has 0 saturated carbocycles. The zero-order valence-electron chi connectivity index (χ0n) is 6.99. The SMILES string of the molecule is C=CCNC(=O)N1CC[C@@H](O)C1. The third-order valence-electron chi connectivity index (χ3n) is 1.85. The normalized spacial score (nSPS) is 22.4. The molecule has 4 nitrogen and oxygen atoms in total. The molecule has 0 aliphatic carbocycles. The zero-order chi connectivity index (χ0) is 8.97. The lowest BCUT2D eigenvalue weighted by Gasteiger charge is -2.15. The van der Waals surface area contributed by atoms with Gasteiger partial charge in [-0.2, -0.15) is 0 Å². The monoisotopic (exact) mass is 170 g/mol. The van der Waals surface area contributed by atoms with E-state index in [1.165, 1.54) is 0 Å². The summed E-state index contributed by atoms with van der Waals surface area (Å²) in [4.78, 5) is 12.8. The Hall–Kier alpha value is -1.03. The lowest BCUT2D eigenvalue weighted by molar-refractivity contribution is 0.172. The first-order valence-electron chi connectivity index (χ1n) is 4.05. The highest BCUT2D eigenvalue weighted by molar-refractivity contribution is 5.74. The van der Waals surface area contributed by atoms with Crippen LogP contribution in [-0.2, 0) is 0 Å². The fourth-order valence-corrected chi connectivity index (χ4v) is 1.20. The molecule has 4 heteroatoms. The number of rotatable bonds is 2. The minimum absolute atomic E-state index is 0.119. The number of carbonyl (C=O) groups excluding carboxylic acids is 1. The van der Waals surface area contributed by atoms with E-state index in [0.29, 0.717) is 26.1 Å². The van der Waals surface area contributed by atoms with E-state index >= 15 is 0 Å². The van der Waals surface area contributed by atoms with Crippen molar-refractivity contribution in [2.75, 3.05) is 19.6 Å². The van der Waals surface area contributed by atoms with Crippen LogP contribution in [0.4, 0.5) is 4.79 Å². The van der Waals surface area contributed by atoms with Crippen LogP contribution >= 0.6 is 0 Å². The molecule has 0 unspecified atom stereocenters. The van der Waals surface area contributed by atoms with E-state index in [4.69, 9.17) is 5.11 Å². The van der Waals surface area contributed by atoms with E-state index < -0.39 is 0 Å². The number of nitrogens with zero attached hydrogens (tertiary/aromatic N) is 1. The number of urea groups is 1. The van der Waals surface area contributed by atoms with E-state index in [0.717, 1.165) is 0 Å². The first-order chi connectivity index (χ1) is 5.74. The molecule has 1 aliphatic heterocycles. The van der Waals surface area contributed by atoms with Crippen LogP contribution in [0.25, 0.3) is 0 Å². The number of aliphatic hydroxyl groups is 1. The fraction of sp³-hybridized carbons (Fsp3) is 0.625. The second-order valence-electron chi connectivity index (χ2n) is 2.86. The van der Waals surface area contributed by atoms with Crippen molar-refractivity contribution in [3.8, 4) is 0 Å². The van der Waals surface area contributed by atoms with Gasteiger partial charge in [0.25, 0.3) is 0 Å². The third kappa shape index (κ3) is 2.23. The summed E-state index contributed by atoms with van der Waals surface area (Å²) in [5.74, 6) is 0. The van der Waals surface area contributed by atoms with Gasteiger partial charge in [-0.1, -0.05) is 6.08 Å². The van der Waals surface area contributed by atoms with Crippen molar-refractivity contribution in [2.24, 2.45) is 0 Å². The summed E-state index contributed by atoms with van der Waals surface area (Å²) in [5.41, 5.74) is 0. The Morgan fingerprint density at radius 1 is 1.83 bits per heavy atom. The molecule has 0 aromatic heterocycles. The highest BCUT2D eigenvalue weighted by Crippen LogP contribution is 2.07. The quantitative estimate of drug-likeness (QED) is 0.571. The van der Waals surface area contributed by atoms with Crippen LogP contribution in [0.3, 0.4) is 0 Å². The number of hydrogen-bond acceptors (Lipinski definition) is 2. The molecule has 1 heterocycles. The van der Waals surface area contributed by atoms with E-state index in [9.17, 15) is 4.79 Å². The van der Waals surface area contributed by atoms with Gasteiger partial charge in [0.05, 0.1) is 6.10 Å². The summed E-state index contributed by atoms with van der Waals surface area (Å²) in [6.45, 7) is 5.06. The molecule has 0 aromatic rings. The molecule has 0 spiro atoms. The molecule has 1 rings (SSSR count). The fourth-order valence-electron chi connectivity index (χ4n) is 1.20. The Morgan fingerprint density at radius 2 is 2.58 bits per heavy atom. The second kappa shape index (κ2) is 4.11. The Bertz CT molecular complexity index is 182. The maximum absolute atomic E-state index is 11.2. The minimum atomic E-state index is -0.348. The lowest BCUT2D eigenvalue weighted by Crippen LogP contribution is -2.38. The Morgan fingerprint density at radius 3 is 3.08 bits per heavy atom. The van der Waals surface area contributed by atoms with Gasteiger partial charge in [0, 0.05) is 19.6 Å². The highest BCUT2D eigenvalue weighted by Gasteiger charge is 2.23. The molecule has 12 heavy (non-hydrogen) atoms. The van der Waals surface area contributed by atoms with Gasteiger partial charge in [-0.25, -0.2) is 4.79 Å². The average molecular weight is 170 g/mol.